The van der Waals surface area contributed by atoms with Gasteiger partial charge in [-0.1, -0.05) is 90.5 Å². The SMILES string of the molecule is O=S(=O)(O)c1c(Cl)ccc2c1C(C1c3ccccc3-c3ccccc31)c1ccccc1-2. The second kappa shape index (κ2) is 6.54. The van der Waals surface area contributed by atoms with Gasteiger partial charge in [-0.15, -0.1) is 0 Å². The van der Waals surface area contributed by atoms with E-state index >= 15 is 0 Å². The molecule has 0 saturated carbocycles. The van der Waals surface area contributed by atoms with Crippen LogP contribution in [-0.4, -0.2) is 13.0 Å². The average molecular weight is 445 g/mol. The summed E-state index contributed by atoms with van der Waals surface area (Å²) in [5, 5.41) is 0.0404. The molecule has 4 aromatic rings. The van der Waals surface area contributed by atoms with Crippen molar-refractivity contribution in [2.24, 2.45) is 0 Å². The van der Waals surface area contributed by atoms with E-state index in [1.165, 1.54) is 0 Å². The molecule has 2 aliphatic rings. The minimum absolute atomic E-state index is 0.0404. The Hall–Kier alpha value is -2.92. The lowest BCUT2D eigenvalue weighted by Gasteiger charge is -2.25. The minimum Gasteiger partial charge on any atom is -0.282 e. The fraction of sp³-hybridized carbons (Fsp3) is 0.0769. The number of fused-ring (bicyclic) bond motifs is 6. The normalized spacial score (nSPS) is 16.5. The predicted molar refractivity (Wildman–Crippen MR) is 122 cm³/mol. The van der Waals surface area contributed by atoms with Crippen molar-refractivity contribution in [3.8, 4) is 22.3 Å². The topological polar surface area (TPSA) is 54.4 Å². The third-order valence-corrected chi connectivity index (χ3v) is 7.90. The van der Waals surface area contributed by atoms with Gasteiger partial charge in [-0.2, -0.15) is 8.42 Å². The maximum atomic E-state index is 12.5. The molecule has 0 saturated heterocycles. The molecule has 31 heavy (non-hydrogen) atoms. The molecule has 6 rings (SSSR count). The van der Waals surface area contributed by atoms with Crippen LogP contribution >= 0.6 is 11.6 Å². The van der Waals surface area contributed by atoms with Crippen LogP contribution in [0.25, 0.3) is 22.3 Å². The molecule has 1 unspecified atom stereocenters. The second-order valence-corrected chi connectivity index (χ2v) is 9.80. The van der Waals surface area contributed by atoms with Gasteiger partial charge in [-0.25, -0.2) is 0 Å². The molecule has 1 atom stereocenters. The summed E-state index contributed by atoms with van der Waals surface area (Å²) in [5.74, 6) is -0.375. The van der Waals surface area contributed by atoms with Gasteiger partial charge in [0.2, 0.25) is 0 Å². The van der Waals surface area contributed by atoms with Crippen LogP contribution in [0.15, 0.2) is 89.8 Å². The van der Waals surface area contributed by atoms with Crippen molar-refractivity contribution < 1.29 is 13.0 Å². The quantitative estimate of drug-likeness (QED) is 0.358. The van der Waals surface area contributed by atoms with Crippen molar-refractivity contribution in [1.82, 2.24) is 0 Å². The van der Waals surface area contributed by atoms with E-state index in [4.69, 9.17) is 11.6 Å². The molecule has 4 aromatic carbocycles. The summed E-state index contributed by atoms with van der Waals surface area (Å²) in [7, 11) is -4.53. The highest BCUT2D eigenvalue weighted by atomic mass is 35.5. The van der Waals surface area contributed by atoms with Gasteiger partial charge in [0, 0.05) is 11.8 Å². The molecule has 0 heterocycles. The highest BCUT2D eigenvalue weighted by Gasteiger charge is 2.43. The van der Waals surface area contributed by atoms with Gasteiger partial charge in [0.25, 0.3) is 10.1 Å². The van der Waals surface area contributed by atoms with Crippen LogP contribution in [0.2, 0.25) is 5.02 Å². The average Bonchev–Trinajstić information content (AvgIpc) is 3.25. The summed E-state index contributed by atoms with van der Waals surface area (Å²) in [5.41, 5.74) is 8.02. The summed E-state index contributed by atoms with van der Waals surface area (Å²) in [6, 6.07) is 27.9. The molecule has 2 aliphatic carbocycles. The molecule has 152 valence electrons. The molecule has 0 amide bonds. The lowest BCUT2D eigenvalue weighted by molar-refractivity contribution is 0.481. The van der Waals surface area contributed by atoms with Crippen molar-refractivity contribution in [2.75, 3.05) is 0 Å². The lowest BCUT2D eigenvalue weighted by Crippen LogP contribution is -2.14. The third kappa shape index (κ3) is 2.59. The molecule has 5 heteroatoms. The molecule has 1 N–H and O–H groups in total. The van der Waals surface area contributed by atoms with Gasteiger partial charge >= 0.3 is 0 Å². The Balaban J connectivity index is 1.73. The highest BCUT2D eigenvalue weighted by Crippen LogP contribution is 2.59. The van der Waals surface area contributed by atoms with Gasteiger partial charge in [0.05, 0.1) is 5.02 Å². The standard InChI is InChI=1S/C26H17ClO3S/c27-22-14-13-21-17-9-3-6-12-20(17)24(25(21)26(22)31(28,29)30)23-18-10-4-1-7-15(18)16-8-2-5-11-19(16)23/h1-14,23-24H,(H,28,29,30). The minimum atomic E-state index is -4.53. The smallest absolute Gasteiger partial charge is 0.282 e. The monoisotopic (exact) mass is 444 g/mol. The zero-order valence-electron chi connectivity index (χ0n) is 16.3. The zero-order chi connectivity index (χ0) is 21.3. The van der Waals surface area contributed by atoms with Crippen molar-refractivity contribution in [1.29, 1.82) is 0 Å². The molecular formula is C26H17ClO3S. The molecular weight excluding hydrogens is 428 g/mol. The predicted octanol–water partition coefficient (Wildman–Crippen LogP) is 6.51. The van der Waals surface area contributed by atoms with E-state index in [1.54, 1.807) is 6.07 Å². The van der Waals surface area contributed by atoms with Crippen LogP contribution < -0.4 is 0 Å². The lowest BCUT2D eigenvalue weighted by atomic mass is 9.78. The molecule has 0 bridgehead atoms. The largest absolute Gasteiger partial charge is 0.296 e. The summed E-state index contributed by atoms with van der Waals surface area (Å²) < 4.78 is 35.1. The molecule has 0 spiro atoms. The fourth-order valence-electron chi connectivity index (χ4n) is 5.45. The van der Waals surface area contributed by atoms with Crippen molar-refractivity contribution >= 4 is 21.7 Å². The van der Waals surface area contributed by atoms with Crippen LogP contribution in [0.5, 0.6) is 0 Å². The van der Waals surface area contributed by atoms with E-state index < -0.39 is 10.1 Å². The van der Waals surface area contributed by atoms with Crippen LogP contribution in [0.3, 0.4) is 0 Å². The van der Waals surface area contributed by atoms with Gasteiger partial charge < -0.3 is 0 Å². The molecule has 0 fully saturated rings. The Kier molecular flexibility index (Phi) is 3.97. The first kappa shape index (κ1) is 18.8. The van der Waals surface area contributed by atoms with E-state index in [2.05, 4.69) is 24.3 Å². The van der Waals surface area contributed by atoms with Crippen LogP contribution in [0.4, 0.5) is 0 Å². The van der Waals surface area contributed by atoms with Crippen molar-refractivity contribution in [2.45, 2.75) is 16.7 Å². The van der Waals surface area contributed by atoms with Gasteiger partial charge in [-0.05, 0) is 50.6 Å². The van der Waals surface area contributed by atoms with Gasteiger partial charge in [0.1, 0.15) is 4.90 Å². The number of hydrogen-bond acceptors (Lipinski definition) is 2. The summed E-state index contributed by atoms with van der Waals surface area (Å²) in [4.78, 5) is -0.185. The van der Waals surface area contributed by atoms with Crippen LogP contribution in [0.1, 0.15) is 34.1 Å². The van der Waals surface area contributed by atoms with Gasteiger partial charge in [-0.3, -0.25) is 4.55 Å². The van der Waals surface area contributed by atoms with E-state index in [-0.39, 0.29) is 21.8 Å². The zero-order valence-corrected chi connectivity index (χ0v) is 17.9. The second-order valence-electron chi connectivity index (χ2n) is 8.03. The highest BCUT2D eigenvalue weighted by molar-refractivity contribution is 7.86. The van der Waals surface area contributed by atoms with E-state index in [0.29, 0.717) is 5.56 Å². The fourth-order valence-corrected chi connectivity index (χ4v) is 6.73. The van der Waals surface area contributed by atoms with E-state index in [1.807, 2.05) is 54.6 Å². The summed E-state index contributed by atoms with van der Waals surface area (Å²) in [6.07, 6.45) is 0. The van der Waals surface area contributed by atoms with Crippen LogP contribution in [-0.2, 0) is 10.1 Å². The molecule has 0 radical (unpaired) electrons. The van der Waals surface area contributed by atoms with Gasteiger partial charge in [0.15, 0.2) is 0 Å². The number of halogens is 1. The van der Waals surface area contributed by atoms with E-state index in [0.717, 1.165) is 38.9 Å². The Morgan fingerprint density at radius 2 is 1.06 bits per heavy atom. The maximum absolute atomic E-state index is 12.5. The Morgan fingerprint density at radius 3 is 1.58 bits per heavy atom. The van der Waals surface area contributed by atoms with E-state index in [9.17, 15) is 13.0 Å². The molecule has 0 aromatic heterocycles. The number of rotatable bonds is 2. The third-order valence-electron chi connectivity index (χ3n) is 6.52. The number of benzene rings is 4. The first-order valence-corrected chi connectivity index (χ1v) is 11.9. The van der Waals surface area contributed by atoms with Crippen molar-refractivity contribution in [3.05, 3.63) is 112 Å². The molecule has 0 aliphatic heterocycles. The summed E-state index contributed by atoms with van der Waals surface area (Å²) in [6.45, 7) is 0. The summed E-state index contributed by atoms with van der Waals surface area (Å²) >= 11 is 6.37. The first-order chi connectivity index (χ1) is 15.0. The Bertz CT molecular complexity index is 1450. The molecule has 3 nitrogen and oxygen atoms in total. The Labute approximate surface area is 185 Å². The maximum Gasteiger partial charge on any atom is 0.296 e. The Morgan fingerprint density at radius 1 is 0.613 bits per heavy atom. The number of hydrogen-bond donors (Lipinski definition) is 1. The van der Waals surface area contributed by atoms with Crippen LogP contribution in [0, 0.1) is 0 Å². The van der Waals surface area contributed by atoms with Crippen molar-refractivity contribution in [3.63, 3.8) is 0 Å². The first-order valence-electron chi connectivity index (χ1n) is 10.0.